The van der Waals surface area contributed by atoms with Gasteiger partial charge >= 0.3 is 0 Å². The maximum absolute atomic E-state index is 13.6. The monoisotopic (exact) mass is 541 g/mol. The number of hydrogen-bond acceptors (Lipinski definition) is 3. The molecule has 31 heavy (non-hydrogen) atoms. The highest BCUT2D eigenvalue weighted by atomic mass is 79.9. The number of imide groups is 1. The fourth-order valence-electron chi connectivity index (χ4n) is 5.50. The number of carbonyl (C=O) groups excluding carboxylic acids is 3. The lowest BCUT2D eigenvalue weighted by molar-refractivity contribution is -0.122. The van der Waals surface area contributed by atoms with Crippen molar-refractivity contribution >= 4 is 55.1 Å². The lowest BCUT2D eigenvalue weighted by Gasteiger charge is -2.33. The minimum atomic E-state index is -0.473. The van der Waals surface area contributed by atoms with Gasteiger partial charge in [0.2, 0.25) is 11.8 Å². The molecule has 2 aromatic carbocycles. The summed E-state index contributed by atoms with van der Waals surface area (Å²) in [6, 6.07) is 14.6. The van der Waals surface area contributed by atoms with Gasteiger partial charge in [0.25, 0.3) is 0 Å². The molecule has 6 heteroatoms. The number of hydrogen-bond donors (Lipinski definition) is 0. The van der Waals surface area contributed by atoms with E-state index in [1.807, 2.05) is 30.3 Å². The highest BCUT2D eigenvalue weighted by Gasteiger charge is 2.57. The minimum absolute atomic E-state index is 0.000637. The van der Waals surface area contributed by atoms with Crippen molar-refractivity contribution in [3.8, 4) is 0 Å². The van der Waals surface area contributed by atoms with Crippen molar-refractivity contribution in [2.75, 3.05) is 4.90 Å². The van der Waals surface area contributed by atoms with Crippen LogP contribution in [0.5, 0.6) is 0 Å². The van der Waals surface area contributed by atoms with Crippen molar-refractivity contribution in [1.82, 2.24) is 0 Å². The molecule has 158 valence electrons. The summed E-state index contributed by atoms with van der Waals surface area (Å²) in [7, 11) is 0. The highest BCUT2D eigenvalue weighted by Crippen LogP contribution is 2.52. The Morgan fingerprint density at radius 1 is 0.968 bits per heavy atom. The van der Waals surface area contributed by atoms with Crippen molar-refractivity contribution < 1.29 is 14.4 Å². The van der Waals surface area contributed by atoms with E-state index in [0.29, 0.717) is 11.3 Å². The van der Waals surface area contributed by atoms with Gasteiger partial charge < -0.3 is 0 Å². The Bertz CT molecular complexity index is 1110. The second-order valence-corrected chi connectivity index (χ2v) is 10.4. The number of nitrogens with zero attached hydrogens (tertiary/aromatic N) is 1. The first-order valence-corrected chi connectivity index (χ1v) is 12.2. The number of Topliss-reactive ketones (excluding diaryl/α,β-unsaturated/α-hetero) is 1. The number of halogens is 2. The summed E-state index contributed by atoms with van der Waals surface area (Å²) in [4.78, 5) is 41.5. The summed E-state index contributed by atoms with van der Waals surface area (Å²) in [6.45, 7) is 0. The predicted molar refractivity (Wildman–Crippen MR) is 126 cm³/mol. The second kappa shape index (κ2) is 8.14. The Morgan fingerprint density at radius 3 is 2.45 bits per heavy atom. The van der Waals surface area contributed by atoms with Gasteiger partial charge in [0.1, 0.15) is 0 Å². The molecule has 4 nitrogen and oxygen atoms in total. The van der Waals surface area contributed by atoms with Crippen LogP contribution in [0, 0.1) is 23.7 Å². The molecule has 2 unspecified atom stereocenters. The zero-order valence-corrected chi connectivity index (χ0v) is 19.9. The molecule has 1 saturated carbocycles. The number of fused-ring (bicyclic) bond motifs is 3. The largest absolute Gasteiger partial charge is 0.294 e. The van der Waals surface area contributed by atoms with Gasteiger partial charge in [0, 0.05) is 20.9 Å². The first-order chi connectivity index (χ1) is 14.9. The van der Waals surface area contributed by atoms with E-state index in [1.54, 1.807) is 18.2 Å². The molecule has 5 rings (SSSR count). The van der Waals surface area contributed by atoms with E-state index in [1.165, 1.54) is 10.5 Å². The molecule has 2 fully saturated rings. The molecule has 0 radical (unpaired) electrons. The third-order valence-electron chi connectivity index (χ3n) is 6.83. The molecule has 0 N–H and O–H groups in total. The Hall–Kier alpha value is -2.05. The van der Waals surface area contributed by atoms with Crippen LogP contribution in [0.3, 0.4) is 0 Å². The minimum Gasteiger partial charge on any atom is -0.294 e. The van der Waals surface area contributed by atoms with E-state index in [4.69, 9.17) is 0 Å². The molecular weight excluding hydrogens is 522 g/mol. The van der Waals surface area contributed by atoms with Crippen LogP contribution in [-0.4, -0.2) is 17.6 Å². The molecule has 2 amide bonds. The Labute approximate surface area is 198 Å². The standard InChI is InChI=1S/C25H21Br2NO3/c26-17-7-9-19(10-8-17)28-24(30)22-16(13-21(29)15-4-1-5-18(27)12-15)11-14-3-2-6-20(14)23(22)25(28)31/h1,4-5,7-12,16,20,22-23H,2-3,6,13H2/t16-,20-,22?,23?/m1/s1. The molecule has 0 bridgehead atoms. The quantitative estimate of drug-likeness (QED) is 0.272. The summed E-state index contributed by atoms with van der Waals surface area (Å²) in [6.07, 6.45) is 5.31. The van der Waals surface area contributed by atoms with Crippen molar-refractivity contribution in [2.45, 2.75) is 25.7 Å². The number of ketones is 1. The molecule has 2 aliphatic carbocycles. The molecule has 3 aliphatic rings. The number of carbonyl (C=O) groups is 3. The lowest BCUT2D eigenvalue weighted by Crippen LogP contribution is -2.35. The van der Waals surface area contributed by atoms with Crippen LogP contribution in [0.1, 0.15) is 36.0 Å². The smallest absolute Gasteiger partial charge is 0.238 e. The first kappa shape index (κ1) is 20.8. The van der Waals surface area contributed by atoms with Gasteiger partial charge in [-0.2, -0.15) is 0 Å². The van der Waals surface area contributed by atoms with Gasteiger partial charge in [-0.05, 0) is 67.5 Å². The van der Waals surface area contributed by atoms with Crippen LogP contribution in [-0.2, 0) is 9.59 Å². The van der Waals surface area contributed by atoms with E-state index in [2.05, 4.69) is 37.9 Å². The summed E-state index contributed by atoms with van der Waals surface area (Å²) in [5.41, 5.74) is 2.48. The number of allylic oxidation sites excluding steroid dienone is 2. The summed E-state index contributed by atoms with van der Waals surface area (Å²) in [5, 5.41) is 0. The molecule has 0 aromatic heterocycles. The first-order valence-electron chi connectivity index (χ1n) is 10.6. The van der Waals surface area contributed by atoms with Crippen molar-refractivity contribution in [1.29, 1.82) is 0 Å². The SMILES string of the molecule is O=C(C[C@H]1C=C2CCC[C@H]2C2C(=O)N(c3ccc(Br)cc3)C(=O)C21)c1cccc(Br)c1. The highest BCUT2D eigenvalue weighted by molar-refractivity contribution is 9.10. The Kier molecular flexibility index (Phi) is 5.47. The zero-order valence-electron chi connectivity index (χ0n) is 16.8. The van der Waals surface area contributed by atoms with Crippen LogP contribution in [0.15, 0.2) is 69.1 Å². The third-order valence-corrected chi connectivity index (χ3v) is 7.85. The summed E-state index contributed by atoms with van der Waals surface area (Å²) in [5.74, 6) is -1.25. The Morgan fingerprint density at radius 2 is 1.71 bits per heavy atom. The van der Waals surface area contributed by atoms with E-state index in [9.17, 15) is 14.4 Å². The summed E-state index contributed by atoms with van der Waals surface area (Å²) < 4.78 is 1.74. The van der Waals surface area contributed by atoms with Crippen LogP contribution in [0.4, 0.5) is 5.69 Å². The van der Waals surface area contributed by atoms with E-state index >= 15 is 0 Å². The normalized spacial score (nSPS) is 27.2. The van der Waals surface area contributed by atoms with E-state index < -0.39 is 5.92 Å². The fourth-order valence-corrected chi connectivity index (χ4v) is 6.17. The maximum Gasteiger partial charge on any atom is 0.238 e. The molecule has 1 aliphatic heterocycles. The van der Waals surface area contributed by atoms with Crippen LogP contribution >= 0.6 is 31.9 Å². The third kappa shape index (κ3) is 3.64. The number of rotatable bonds is 4. The Balaban J connectivity index is 1.50. The van der Waals surface area contributed by atoms with Gasteiger partial charge in [-0.25, -0.2) is 0 Å². The van der Waals surface area contributed by atoms with Gasteiger partial charge in [-0.3, -0.25) is 19.3 Å². The maximum atomic E-state index is 13.6. The van der Waals surface area contributed by atoms with Crippen molar-refractivity contribution in [2.24, 2.45) is 23.7 Å². The van der Waals surface area contributed by atoms with Gasteiger partial charge in [-0.1, -0.05) is 55.6 Å². The van der Waals surface area contributed by atoms with Crippen LogP contribution in [0.25, 0.3) is 0 Å². The van der Waals surface area contributed by atoms with Gasteiger partial charge in [0.15, 0.2) is 5.78 Å². The molecular formula is C25H21Br2NO3. The van der Waals surface area contributed by atoms with Crippen LogP contribution < -0.4 is 4.90 Å². The van der Waals surface area contributed by atoms with Crippen molar-refractivity contribution in [3.63, 3.8) is 0 Å². The molecule has 0 spiro atoms. The zero-order chi connectivity index (χ0) is 21.7. The fraction of sp³-hybridized carbons (Fsp3) is 0.320. The molecule has 2 aromatic rings. The molecule has 1 saturated heterocycles. The molecule has 1 heterocycles. The van der Waals surface area contributed by atoms with Crippen molar-refractivity contribution in [3.05, 3.63) is 74.7 Å². The second-order valence-electron chi connectivity index (χ2n) is 8.58. The van der Waals surface area contributed by atoms with Gasteiger partial charge in [-0.15, -0.1) is 0 Å². The lowest BCUT2D eigenvalue weighted by atomic mass is 9.67. The van der Waals surface area contributed by atoms with E-state index in [-0.39, 0.29) is 41.8 Å². The number of benzene rings is 2. The van der Waals surface area contributed by atoms with Gasteiger partial charge in [0.05, 0.1) is 17.5 Å². The average molecular weight is 543 g/mol. The number of amides is 2. The summed E-state index contributed by atoms with van der Waals surface area (Å²) >= 11 is 6.83. The average Bonchev–Trinajstić information content (AvgIpc) is 3.31. The topological polar surface area (TPSA) is 54.5 Å². The number of anilines is 1. The van der Waals surface area contributed by atoms with Crippen LogP contribution in [0.2, 0.25) is 0 Å². The predicted octanol–water partition coefficient (Wildman–Crippen LogP) is 5.95. The van der Waals surface area contributed by atoms with E-state index in [0.717, 1.165) is 28.2 Å². The molecule has 4 atom stereocenters.